The maximum atomic E-state index is 13.2. The average molecular weight is 316 g/mol. The van der Waals surface area contributed by atoms with Crippen molar-refractivity contribution in [2.24, 2.45) is 11.0 Å². The molecule has 1 aromatic carbocycles. The van der Waals surface area contributed by atoms with E-state index in [1.165, 1.54) is 12.1 Å². The lowest BCUT2D eigenvalue weighted by Crippen LogP contribution is -2.33. The monoisotopic (exact) mass is 316 g/mol. The second kappa shape index (κ2) is 5.71. The van der Waals surface area contributed by atoms with Crippen LogP contribution in [0.1, 0.15) is 31.7 Å². The van der Waals surface area contributed by atoms with Gasteiger partial charge in [0.2, 0.25) is 5.92 Å². The zero-order chi connectivity index (χ0) is 15.7. The molecule has 0 aromatic heterocycles. The van der Waals surface area contributed by atoms with Gasteiger partial charge in [-0.15, -0.1) is 0 Å². The summed E-state index contributed by atoms with van der Waals surface area (Å²) in [4.78, 5) is 2.24. The SMILES string of the molecule is Cc1ccc(S(=O)(=O)NN=C2CCC(F)(F)CC2C)cc1. The van der Waals surface area contributed by atoms with Crippen LogP contribution < -0.4 is 4.83 Å². The summed E-state index contributed by atoms with van der Waals surface area (Å²) in [5.41, 5.74) is 1.42. The molecule has 0 spiro atoms. The lowest BCUT2D eigenvalue weighted by molar-refractivity contribution is -0.0283. The van der Waals surface area contributed by atoms with E-state index in [1.54, 1.807) is 19.1 Å². The Bertz CT molecular complexity index is 639. The van der Waals surface area contributed by atoms with Crippen LogP contribution in [0.4, 0.5) is 8.78 Å². The highest BCUT2D eigenvalue weighted by atomic mass is 32.2. The van der Waals surface area contributed by atoms with Crippen LogP contribution in [0.5, 0.6) is 0 Å². The van der Waals surface area contributed by atoms with E-state index in [2.05, 4.69) is 9.93 Å². The molecule has 1 atom stereocenters. The van der Waals surface area contributed by atoms with Gasteiger partial charge in [0.15, 0.2) is 0 Å². The molecule has 21 heavy (non-hydrogen) atoms. The van der Waals surface area contributed by atoms with E-state index < -0.39 is 21.9 Å². The molecule has 116 valence electrons. The molecule has 0 aliphatic heterocycles. The molecule has 0 saturated heterocycles. The number of aryl methyl sites for hydroxylation is 1. The largest absolute Gasteiger partial charge is 0.276 e. The number of nitrogens with zero attached hydrogens (tertiary/aromatic N) is 1. The molecule has 1 unspecified atom stereocenters. The summed E-state index contributed by atoms with van der Waals surface area (Å²) in [7, 11) is -3.75. The van der Waals surface area contributed by atoms with Gasteiger partial charge < -0.3 is 0 Å². The lowest BCUT2D eigenvalue weighted by Gasteiger charge is -2.27. The number of benzene rings is 1. The van der Waals surface area contributed by atoms with Gasteiger partial charge in [-0.1, -0.05) is 24.6 Å². The van der Waals surface area contributed by atoms with E-state index >= 15 is 0 Å². The summed E-state index contributed by atoms with van der Waals surface area (Å²) in [6.07, 6.45) is -0.481. The van der Waals surface area contributed by atoms with Crippen molar-refractivity contribution in [2.75, 3.05) is 0 Å². The number of hydrogen-bond acceptors (Lipinski definition) is 3. The van der Waals surface area contributed by atoms with Crippen LogP contribution in [0.3, 0.4) is 0 Å². The highest BCUT2D eigenvalue weighted by Gasteiger charge is 2.37. The second-order valence-electron chi connectivity index (χ2n) is 5.47. The third-order valence-corrected chi connectivity index (χ3v) is 4.79. The molecule has 7 heteroatoms. The van der Waals surface area contributed by atoms with E-state index in [-0.39, 0.29) is 24.2 Å². The molecule has 0 bridgehead atoms. The van der Waals surface area contributed by atoms with Crippen molar-refractivity contribution in [1.82, 2.24) is 4.83 Å². The third-order valence-electron chi connectivity index (χ3n) is 3.56. The molecule has 1 aliphatic carbocycles. The number of hydrazone groups is 1. The molecule has 1 aromatic rings. The van der Waals surface area contributed by atoms with Gasteiger partial charge in [0.25, 0.3) is 10.0 Å². The van der Waals surface area contributed by atoms with Crippen molar-refractivity contribution in [3.8, 4) is 0 Å². The van der Waals surface area contributed by atoms with Crippen molar-refractivity contribution in [2.45, 2.75) is 43.9 Å². The molecule has 1 fully saturated rings. The summed E-state index contributed by atoms with van der Waals surface area (Å²) >= 11 is 0. The first-order valence-electron chi connectivity index (χ1n) is 6.72. The second-order valence-corrected chi connectivity index (χ2v) is 7.13. The predicted octanol–water partition coefficient (Wildman–Crippen LogP) is 3.08. The lowest BCUT2D eigenvalue weighted by atomic mass is 9.86. The molecule has 1 aliphatic rings. The molecule has 1 N–H and O–H groups in total. The topological polar surface area (TPSA) is 58.5 Å². The van der Waals surface area contributed by atoms with Gasteiger partial charge in [-0.2, -0.15) is 13.5 Å². The van der Waals surface area contributed by atoms with Crippen LogP contribution in [-0.4, -0.2) is 20.1 Å². The Morgan fingerprint density at radius 3 is 2.48 bits per heavy atom. The smallest absolute Gasteiger partial charge is 0.207 e. The van der Waals surface area contributed by atoms with Gasteiger partial charge in [0, 0.05) is 24.5 Å². The highest BCUT2D eigenvalue weighted by molar-refractivity contribution is 7.89. The van der Waals surface area contributed by atoms with E-state index in [1.807, 2.05) is 6.92 Å². The first-order valence-corrected chi connectivity index (χ1v) is 8.21. The number of nitrogens with one attached hydrogen (secondary N) is 1. The van der Waals surface area contributed by atoms with Crippen LogP contribution in [-0.2, 0) is 10.0 Å². The van der Waals surface area contributed by atoms with Crippen LogP contribution in [0.15, 0.2) is 34.3 Å². The molecule has 2 rings (SSSR count). The molecular weight excluding hydrogens is 298 g/mol. The van der Waals surface area contributed by atoms with Gasteiger partial charge in [0.1, 0.15) is 0 Å². The first-order chi connectivity index (χ1) is 9.70. The Morgan fingerprint density at radius 1 is 1.29 bits per heavy atom. The molecule has 4 nitrogen and oxygen atoms in total. The fraction of sp³-hybridized carbons (Fsp3) is 0.500. The number of hydrogen-bond donors (Lipinski definition) is 1. The molecule has 0 heterocycles. The van der Waals surface area contributed by atoms with E-state index in [9.17, 15) is 17.2 Å². The van der Waals surface area contributed by atoms with Crippen LogP contribution in [0.2, 0.25) is 0 Å². The molecule has 0 radical (unpaired) electrons. The summed E-state index contributed by atoms with van der Waals surface area (Å²) < 4.78 is 50.5. The normalized spacial score (nSPS) is 24.0. The van der Waals surface area contributed by atoms with Gasteiger partial charge in [-0.25, -0.2) is 13.6 Å². The van der Waals surface area contributed by atoms with Gasteiger partial charge in [0.05, 0.1) is 4.90 Å². The Morgan fingerprint density at radius 2 is 1.90 bits per heavy atom. The Balaban J connectivity index is 2.11. The molecule has 0 amide bonds. The van der Waals surface area contributed by atoms with Crippen LogP contribution >= 0.6 is 0 Å². The predicted molar refractivity (Wildman–Crippen MR) is 76.9 cm³/mol. The van der Waals surface area contributed by atoms with Gasteiger partial charge in [-0.05, 0) is 25.5 Å². The molecular formula is C14H18F2N2O2S. The Hall–Kier alpha value is -1.50. The van der Waals surface area contributed by atoms with Gasteiger partial charge in [-0.3, -0.25) is 0 Å². The van der Waals surface area contributed by atoms with Crippen LogP contribution in [0.25, 0.3) is 0 Å². The van der Waals surface area contributed by atoms with Crippen LogP contribution in [0, 0.1) is 12.8 Å². The zero-order valence-corrected chi connectivity index (χ0v) is 12.8. The van der Waals surface area contributed by atoms with Crippen molar-refractivity contribution in [3.63, 3.8) is 0 Å². The average Bonchev–Trinajstić information content (AvgIpc) is 2.37. The number of alkyl halides is 2. The van der Waals surface area contributed by atoms with Crippen molar-refractivity contribution in [3.05, 3.63) is 29.8 Å². The number of halogens is 2. The van der Waals surface area contributed by atoms with Crippen molar-refractivity contribution < 1.29 is 17.2 Å². The first kappa shape index (κ1) is 15.9. The summed E-state index contributed by atoms with van der Waals surface area (Å²) in [6, 6.07) is 6.34. The number of rotatable bonds is 3. The minimum absolute atomic E-state index is 0.102. The summed E-state index contributed by atoms with van der Waals surface area (Å²) in [6.45, 7) is 3.49. The van der Waals surface area contributed by atoms with E-state index in [0.29, 0.717) is 5.71 Å². The van der Waals surface area contributed by atoms with Crippen molar-refractivity contribution in [1.29, 1.82) is 0 Å². The fourth-order valence-electron chi connectivity index (χ4n) is 2.28. The minimum Gasteiger partial charge on any atom is -0.207 e. The van der Waals surface area contributed by atoms with Crippen molar-refractivity contribution >= 4 is 15.7 Å². The summed E-state index contributed by atoms with van der Waals surface area (Å²) in [5, 5.41) is 3.85. The van der Waals surface area contributed by atoms with Gasteiger partial charge >= 0.3 is 0 Å². The highest BCUT2D eigenvalue weighted by Crippen LogP contribution is 2.35. The zero-order valence-electron chi connectivity index (χ0n) is 11.9. The fourth-order valence-corrected chi connectivity index (χ4v) is 3.12. The summed E-state index contributed by atoms with van der Waals surface area (Å²) in [5.74, 6) is -3.12. The minimum atomic E-state index is -3.75. The third kappa shape index (κ3) is 4.00. The Kier molecular flexibility index (Phi) is 4.32. The quantitative estimate of drug-likeness (QED) is 0.871. The Labute approximate surface area is 123 Å². The standard InChI is InChI=1S/C14H18F2N2O2S/c1-10-3-5-12(6-4-10)21(19,20)18-17-13-7-8-14(15,16)9-11(13)2/h3-6,11,18H,7-9H2,1-2H3. The maximum Gasteiger partial charge on any atom is 0.276 e. The molecule has 1 saturated carbocycles. The number of sulfonamides is 1. The van der Waals surface area contributed by atoms with E-state index in [0.717, 1.165) is 5.56 Å². The maximum absolute atomic E-state index is 13.2. The van der Waals surface area contributed by atoms with E-state index in [4.69, 9.17) is 0 Å².